The molecule has 0 saturated carbocycles. The minimum atomic E-state index is -0.306. The van der Waals surface area contributed by atoms with E-state index in [0.29, 0.717) is 6.61 Å². The van der Waals surface area contributed by atoms with Crippen molar-refractivity contribution in [1.82, 2.24) is 0 Å². The van der Waals surface area contributed by atoms with Gasteiger partial charge in [-0.2, -0.15) is 0 Å². The van der Waals surface area contributed by atoms with Crippen molar-refractivity contribution < 1.29 is 9.53 Å². The molecule has 0 spiro atoms. The van der Waals surface area contributed by atoms with E-state index in [1.54, 1.807) is 0 Å². The minimum absolute atomic E-state index is 0.306. The number of esters is 1. The lowest BCUT2D eigenvalue weighted by molar-refractivity contribution is -0.137. The second kappa shape index (κ2) is 14.4. The highest BCUT2D eigenvalue weighted by Gasteiger charge is 2.07. The normalized spacial score (nSPS) is 12.5. The number of rotatable bonds is 13. The Morgan fingerprint density at radius 2 is 1.85 bits per heavy atom. The van der Waals surface area contributed by atoms with Gasteiger partial charge in [-0.3, -0.25) is 0 Å². The van der Waals surface area contributed by atoms with Crippen LogP contribution in [0.15, 0.2) is 24.8 Å². The summed E-state index contributed by atoms with van der Waals surface area (Å²) in [5, 5.41) is 0. The van der Waals surface area contributed by atoms with E-state index in [1.807, 2.05) is 0 Å². The van der Waals surface area contributed by atoms with Crippen molar-refractivity contribution in [3.8, 4) is 0 Å². The number of hydrogen-bond acceptors (Lipinski definition) is 2. The number of hydrogen-bond donors (Lipinski definition) is 0. The van der Waals surface area contributed by atoms with Gasteiger partial charge in [-0.1, -0.05) is 58.3 Å². The molecule has 0 rings (SSSR count). The number of ether oxygens (including phenoxy) is 1. The molecule has 0 amide bonds. The molecule has 0 radical (unpaired) electrons. The molecule has 0 aromatic rings. The van der Waals surface area contributed by atoms with Gasteiger partial charge < -0.3 is 4.74 Å². The van der Waals surface area contributed by atoms with Crippen molar-refractivity contribution in [2.24, 2.45) is 5.92 Å². The van der Waals surface area contributed by atoms with Gasteiger partial charge in [-0.25, -0.2) is 4.79 Å². The van der Waals surface area contributed by atoms with Gasteiger partial charge in [0.25, 0.3) is 0 Å². The Labute approximate surface area is 125 Å². The highest BCUT2D eigenvalue weighted by Crippen LogP contribution is 2.21. The monoisotopic (exact) mass is 280 g/mol. The van der Waals surface area contributed by atoms with Gasteiger partial charge in [0.15, 0.2) is 0 Å². The lowest BCUT2D eigenvalue weighted by Gasteiger charge is -2.15. The summed E-state index contributed by atoms with van der Waals surface area (Å²) >= 11 is 0. The van der Waals surface area contributed by atoms with Crippen molar-refractivity contribution in [1.29, 1.82) is 0 Å². The Hall–Kier alpha value is -1.05. The molecule has 1 atom stereocenters. The molecular weight excluding hydrogens is 248 g/mol. The average molecular weight is 280 g/mol. The predicted molar refractivity (Wildman–Crippen MR) is 86.7 cm³/mol. The molecule has 0 N–H and O–H groups in total. The van der Waals surface area contributed by atoms with Crippen molar-refractivity contribution in [2.75, 3.05) is 6.61 Å². The molecule has 2 heteroatoms. The van der Waals surface area contributed by atoms with E-state index >= 15 is 0 Å². The third-order valence-corrected chi connectivity index (χ3v) is 3.50. The summed E-state index contributed by atoms with van der Waals surface area (Å²) < 4.78 is 5.02. The Balaban J connectivity index is 3.67. The summed E-state index contributed by atoms with van der Waals surface area (Å²) in [7, 11) is 0. The Morgan fingerprint density at radius 3 is 2.50 bits per heavy atom. The van der Waals surface area contributed by atoms with E-state index in [2.05, 4.69) is 32.6 Å². The number of carbonyl (C=O) groups excluding carboxylic acids is 1. The number of unbranched alkanes of at least 4 members (excludes halogenated alkanes) is 2. The second-order valence-corrected chi connectivity index (χ2v) is 5.33. The third kappa shape index (κ3) is 12.0. The van der Waals surface area contributed by atoms with Crippen molar-refractivity contribution in [3.63, 3.8) is 0 Å². The van der Waals surface area contributed by atoms with Crippen LogP contribution in [0.4, 0.5) is 0 Å². The maximum atomic E-state index is 10.9. The zero-order valence-electron chi connectivity index (χ0n) is 13.4. The molecule has 0 aliphatic rings. The minimum Gasteiger partial charge on any atom is -0.463 e. The van der Waals surface area contributed by atoms with Gasteiger partial charge in [-0.15, -0.1) is 0 Å². The molecule has 0 aromatic carbocycles. The van der Waals surface area contributed by atoms with Crippen molar-refractivity contribution in [2.45, 2.75) is 71.6 Å². The Morgan fingerprint density at radius 1 is 1.10 bits per heavy atom. The third-order valence-electron chi connectivity index (χ3n) is 3.50. The summed E-state index contributed by atoms with van der Waals surface area (Å²) in [6.07, 6.45) is 16.7. The lowest BCUT2D eigenvalue weighted by Crippen LogP contribution is -2.06. The highest BCUT2D eigenvalue weighted by atomic mass is 16.5. The lowest BCUT2D eigenvalue weighted by atomic mass is 9.92. The van der Waals surface area contributed by atoms with Gasteiger partial charge in [0.1, 0.15) is 0 Å². The van der Waals surface area contributed by atoms with E-state index in [-0.39, 0.29) is 5.97 Å². The van der Waals surface area contributed by atoms with E-state index in [9.17, 15) is 4.79 Å². The first kappa shape index (κ1) is 18.9. The van der Waals surface area contributed by atoms with Gasteiger partial charge in [-0.05, 0) is 38.0 Å². The van der Waals surface area contributed by atoms with Gasteiger partial charge in [0, 0.05) is 6.08 Å². The van der Waals surface area contributed by atoms with Crippen LogP contribution in [0.25, 0.3) is 0 Å². The molecule has 1 unspecified atom stereocenters. The van der Waals surface area contributed by atoms with E-state index in [0.717, 1.165) is 18.8 Å². The molecule has 2 nitrogen and oxygen atoms in total. The second-order valence-electron chi connectivity index (χ2n) is 5.33. The smallest absolute Gasteiger partial charge is 0.330 e. The summed E-state index contributed by atoms with van der Waals surface area (Å²) in [6, 6.07) is 0. The van der Waals surface area contributed by atoms with Crippen LogP contribution < -0.4 is 0 Å². The molecule has 0 aliphatic heterocycles. The maximum Gasteiger partial charge on any atom is 0.330 e. The molecule has 0 fully saturated rings. The Bertz CT molecular complexity index is 269. The maximum absolute atomic E-state index is 10.9. The zero-order valence-corrected chi connectivity index (χ0v) is 13.4. The van der Waals surface area contributed by atoms with Gasteiger partial charge >= 0.3 is 5.97 Å². The summed E-state index contributed by atoms with van der Waals surface area (Å²) in [4.78, 5) is 10.9. The van der Waals surface area contributed by atoms with Crippen LogP contribution in [0.3, 0.4) is 0 Å². The van der Waals surface area contributed by atoms with Crippen molar-refractivity contribution >= 4 is 5.97 Å². The van der Waals surface area contributed by atoms with Crippen LogP contribution in [0.1, 0.15) is 71.6 Å². The first-order valence-electron chi connectivity index (χ1n) is 8.18. The summed E-state index contributed by atoms with van der Waals surface area (Å²) in [5.41, 5.74) is 0. The van der Waals surface area contributed by atoms with Gasteiger partial charge in [0.2, 0.25) is 0 Å². The van der Waals surface area contributed by atoms with Crippen LogP contribution in [0.2, 0.25) is 0 Å². The molecule has 0 saturated heterocycles. The number of allylic oxidation sites excluding steroid dienone is 2. The topological polar surface area (TPSA) is 26.3 Å². The average Bonchev–Trinajstić information content (AvgIpc) is 2.46. The standard InChI is InChI=1S/C18H32O2/c1-4-7-8-9-10-11-14-17(13-5-2)15-12-16-20-18(19)6-3/h6-8,17H,3-5,9-16H2,1-2H3. The van der Waals surface area contributed by atoms with E-state index in [1.165, 1.54) is 51.0 Å². The van der Waals surface area contributed by atoms with E-state index in [4.69, 9.17) is 4.74 Å². The quantitative estimate of drug-likeness (QED) is 0.194. The molecule has 116 valence electrons. The highest BCUT2D eigenvalue weighted by molar-refractivity contribution is 5.81. The fourth-order valence-corrected chi connectivity index (χ4v) is 2.42. The Kier molecular flexibility index (Phi) is 13.6. The van der Waals surface area contributed by atoms with Crippen molar-refractivity contribution in [3.05, 3.63) is 24.8 Å². The number of carbonyl (C=O) groups is 1. The van der Waals surface area contributed by atoms with Gasteiger partial charge in [0.05, 0.1) is 6.61 Å². The van der Waals surface area contributed by atoms with Crippen LogP contribution in [-0.2, 0) is 9.53 Å². The van der Waals surface area contributed by atoms with Crippen LogP contribution >= 0.6 is 0 Å². The SMILES string of the molecule is C=CC(=O)OCCCC(CCC)CCCCC=CCC. The largest absolute Gasteiger partial charge is 0.463 e. The molecule has 0 heterocycles. The molecular formula is C18H32O2. The first-order valence-corrected chi connectivity index (χ1v) is 8.18. The van der Waals surface area contributed by atoms with Crippen LogP contribution in [0.5, 0.6) is 0 Å². The van der Waals surface area contributed by atoms with E-state index < -0.39 is 0 Å². The summed E-state index contributed by atoms with van der Waals surface area (Å²) in [6.45, 7) is 8.35. The molecule has 20 heavy (non-hydrogen) atoms. The molecule has 0 aromatic heterocycles. The zero-order chi connectivity index (χ0) is 15.1. The van der Waals surface area contributed by atoms with Crippen LogP contribution in [0, 0.1) is 5.92 Å². The van der Waals surface area contributed by atoms with Crippen LogP contribution in [-0.4, -0.2) is 12.6 Å². The first-order chi connectivity index (χ1) is 9.74. The molecule has 0 aliphatic carbocycles. The fourth-order valence-electron chi connectivity index (χ4n) is 2.42. The molecule has 0 bridgehead atoms. The predicted octanol–water partition coefficient (Wildman–Crippen LogP) is 5.44. The fraction of sp³-hybridized carbons (Fsp3) is 0.722. The summed E-state index contributed by atoms with van der Waals surface area (Å²) in [5.74, 6) is 0.484.